The molecule has 3 unspecified atom stereocenters. The van der Waals surface area contributed by atoms with Crippen LogP contribution in [0.4, 0.5) is 0 Å². The van der Waals surface area contributed by atoms with Crippen LogP contribution in [0.3, 0.4) is 0 Å². The molecule has 2 saturated heterocycles. The fourth-order valence-electron chi connectivity index (χ4n) is 3.41. The van der Waals surface area contributed by atoms with Crippen LogP contribution in [0.1, 0.15) is 40.0 Å². The van der Waals surface area contributed by atoms with Crippen molar-refractivity contribution in [1.82, 2.24) is 4.90 Å². The first kappa shape index (κ1) is 14.3. The lowest BCUT2D eigenvalue weighted by Crippen LogP contribution is -2.47. The van der Waals surface area contributed by atoms with Gasteiger partial charge < -0.3 is 15.4 Å². The normalized spacial score (nSPS) is 39.2. The van der Waals surface area contributed by atoms with E-state index in [1.165, 1.54) is 32.4 Å². The summed E-state index contributed by atoms with van der Waals surface area (Å²) in [6.07, 6.45) is 4.09. The Kier molecular flexibility index (Phi) is 4.68. The second-order valence-corrected chi connectivity index (χ2v) is 6.99. The van der Waals surface area contributed by atoms with E-state index in [0.29, 0.717) is 0 Å². The van der Waals surface area contributed by atoms with Crippen molar-refractivity contribution in [3.63, 3.8) is 0 Å². The van der Waals surface area contributed by atoms with Gasteiger partial charge in [-0.25, -0.2) is 0 Å². The van der Waals surface area contributed by atoms with Crippen LogP contribution in [0, 0.1) is 17.3 Å². The lowest BCUT2D eigenvalue weighted by Gasteiger charge is -2.33. The molecule has 2 fully saturated rings. The van der Waals surface area contributed by atoms with E-state index >= 15 is 0 Å². The number of nitrogens with two attached hydrogens (primary N) is 1. The summed E-state index contributed by atoms with van der Waals surface area (Å²) >= 11 is 0. The molecule has 2 rings (SSSR count). The van der Waals surface area contributed by atoms with E-state index < -0.39 is 0 Å². The summed E-state index contributed by atoms with van der Waals surface area (Å²) in [6.45, 7) is 12.2. The van der Waals surface area contributed by atoms with Crippen molar-refractivity contribution in [2.75, 3.05) is 32.8 Å². The van der Waals surface area contributed by atoms with E-state index in [9.17, 15) is 0 Å². The van der Waals surface area contributed by atoms with Crippen LogP contribution in [-0.2, 0) is 4.74 Å². The average Bonchev–Trinajstić information content (AvgIpc) is 2.54. The van der Waals surface area contributed by atoms with Gasteiger partial charge in [0.25, 0.3) is 0 Å². The number of hydrogen-bond acceptors (Lipinski definition) is 3. The Bertz CT molecular complexity index is 269. The van der Waals surface area contributed by atoms with Crippen molar-refractivity contribution in [1.29, 1.82) is 0 Å². The molecule has 106 valence electrons. The van der Waals surface area contributed by atoms with Gasteiger partial charge in [0.1, 0.15) is 0 Å². The lowest BCUT2D eigenvalue weighted by atomic mass is 9.85. The summed E-state index contributed by atoms with van der Waals surface area (Å²) in [5.41, 5.74) is 6.36. The maximum atomic E-state index is 6.19. The first-order chi connectivity index (χ1) is 8.51. The third kappa shape index (κ3) is 3.25. The molecule has 0 aromatic rings. The van der Waals surface area contributed by atoms with Crippen molar-refractivity contribution in [2.24, 2.45) is 23.0 Å². The van der Waals surface area contributed by atoms with E-state index in [1.807, 2.05) is 0 Å². The molecule has 18 heavy (non-hydrogen) atoms. The van der Waals surface area contributed by atoms with Crippen LogP contribution in [0.5, 0.6) is 0 Å². The van der Waals surface area contributed by atoms with Crippen molar-refractivity contribution < 1.29 is 4.74 Å². The maximum absolute atomic E-state index is 6.19. The van der Waals surface area contributed by atoms with Crippen molar-refractivity contribution in [3.05, 3.63) is 0 Å². The van der Waals surface area contributed by atoms with Crippen molar-refractivity contribution in [3.8, 4) is 0 Å². The second-order valence-electron chi connectivity index (χ2n) is 6.99. The highest BCUT2D eigenvalue weighted by Crippen LogP contribution is 2.30. The fourth-order valence-corrected chi connectivity index (χ4v) is 3.41. The van der Waals surface area contributed by atoms with Crippen LogP contribution in [0.2, 0.25) is 0 Å². The van der Waals surface area contributed by atoms with Gasteiger partial charge >= 0.3 is 0 Å². The molecule has 3 heteroatoms. The van der Waals surface area contributed by atoms with Gasteiger partial charge in [0.15, 0.2) is 0 Å². The van der Waals surface area contributed by atoms with Crippen LogP contribution >= 0.6 is 0 Å². The molecule has 0 aromatic heterocycles. The smallest absolute Gasteiger partial charge is 0.0624 e. The molecule has 0 aliphatic carbocycles. The number of likely N-dealkylation sites (tertiary alicyclic amines) is 1. The zero-order valence-corrected chi connectivity index (χ0v) is 12.3. The van der Waals surface area contributed by atoms with Crippen LogP contribution in [0.25, 0.3) is 0 Å². The predicted octanol–water partition coefficient (Wildman–Crippen LogP) is 2.11. The van der Waals surface area contributed by atoms with Crippen LogP contribution in [-0.4, -0.2) is 43.8 Å². The maximum Gasteiger partial charge on any atom is 0.0624 e. The standard InChI is InChI=1S/C15H30N2O/c1-12(2)13-5-4-7-17(8-6-13)10-15(3)11-18-9-14(15)16/h12-14H,4-11,16H2,1-3H3. The molecule has 3 nitrogen and oxygen atoms in total. The number of nitrogens with zero attached hydrogens (tertiary/aromatic N) is 1. The quantitative estimate of drug-likeness (QED) is 0.838. The topological polar surface area (TPSA) is 38.5 Å². The van der Waals surface area contributed by atoms with Gasteiger partial charge in [-0.05, 0) is 44.2 Å². The van der Waals surface area contributed by atoms with Gasteiger partial charge in [-0.1, -0.05) is 20.8 Å². The van der Waals surface area contributed by atoms with Gasteiger partial charge in [-0.3, -0.25) is 0 Å². The Morgan fingerprint density at radius 1 is 1.33 bits per heavy atom. The number of ether oxygens (including phenoxy) is 1. The Morgan fingerprint density at radius 2 is 2.11 bits per heavy atom. The van der Waals surface area contributed by atoms with E-state index in [0.717, 1.165) is 31.6 Å². The van der Waals surface area contributed by atoms with Crippen LogP contribution in [0.15, 0.2) is 0 Å². The predicted molar refractivity (Wildman–Crippen MR) is 75.5 cm³/mol. The van der Waals surface area contributed by atoms with E-state index in [2.05, 4.69) is 25.7 Å². The summed E-state index contributed by atoms with van der Waals surface area (Å²) in [6, 6.07) is 0.210. The summed E-state index contributed by atoms with van der Waals surface area (Å²) < 4.78 is 5.55. The first-order valence-electron chi connectivity index (χ1n) is 7.57. The highest BCUT2D eigenvalue weighted by atomic mass is 16.5. The Balaban J connectivity index is 1.87. The summed E-state index contributed by atoms with van der Waals surface area (Å²) in [7, 11) is 0. The molecule has 0 saturated carbocycles. The molecule has 0 aromatic carbocycles. The number of hydrogen-bond donors (Lipinski definition) is 1. The molecular weight excluding hydrogens is 224 g/mol. The van der Waals surface area contributed by atoms with Gasteiger partial charge in [0.2, 0.25) is 0 Å². The van der Waals surface area contributed by atoms with Gasteiger partial charge in [-0.2, -0.15) is 0 Å². The minimum Gasteiger partial charge on any atom is -0.379 e. The zero-order valence-electron chi connectivity index (χ0n) is 12.3. The van der Waals surface area contributed by atoms with Gasteiger partial charge in [0.05, 0.1) is 13.2 Å². The molecule has 2 aliphatic heterocycles. The largest absolute Gasteiger partial charge is 0.379 e. The van der Waals surface area contributed by atoms with Gasteiger partial charge in [-0.15, -0.1) is 0 Å². The van der Waals surface area contributed by atoms with Crippen LogP contribution < -0.4 is 5.73 Å². The molecule has 0 amide bonds. The molecule has 0 bridgehead atoms. The molecular formula is C15H30N2O. The van der Waals surface area contributed by atoms with Crippen molar-refractivity contribution >= 4 is 0 Å². The summed E-state index contributed by atoms with van der Waals surface area (Å²) in [5, 5.41) is 0. The highest BCUT2D eigenvalue weighted by molar-refractivity contribution is 4.92. The molecule has 2 aliphatic rings. The SMILES string of the molecule is CC(C)C1CCCN(CC2(C)COCC2N)CC1. The first-order valence-corrected chi connectivity index (χ1v) is 7.57. The molecule has 2 heterocycles. The highest BCUT2D eigenvalue weighted by Gasteiger charge is 2.39. The minimum atomic E-state index is 0.164. The van der Waals surface area contributed by atoms with E-state index in [1.54, 1.807) is 0 Å². The third-order valence-electron chi connectivity index (χ3n) is 5.02. The van der Waals surface area contributed by atoms with E-state index in [4.69, 9.17) is 10.5 Å². The monoisotopic (exact) mass is 254 g/mol. The Hall–Kier alpha value is -0.120. The lowest BCUT2D eigenvalue weighted by molar-refractivity contribution is 0.119. The average molecular weight is 254 g/mol. The van der Waals surface area contributed by atoms with E-state index in [-0.39, 0.29) is 11.5 Å². The second kappa shape index (κ2) is 5.89. The number of rotatable bonds is 3. The molecule has 3 atom stereocenters. The van der Waals surface area contributed by atoms with Crippen molar-refractivity contribution in [2.45, 2.75) is 46.1 Å². The molecule has 2 N–H and O–H groups in total. The fraction of sp³-hybridized carbons (Fsp3) is 1.00. The molecule has 0 radical (unpaired) electrons. The minimum absolute atomic E-state index is 0.164. The van der Waals surface area contributed by atoms with Gasteiger partial charge in [0, 0.05) is 18.0 Å². The zero-order chi connectivity index (χ0) is 13.2. The Labute approximate surface area is 112 Å². The summed E-state index contributed by atoms with van der Waals surface area (Å²) in [5.74, 6) is 1.74. The third-order valence-corrected chi connectivity index (χ3v) is 5.02. The molecule has 0 spiro atoms. The summed E-state index contributed by atoms with van der Waals surface area (Å²) in [4.78, 5) is 2.62. The Morgan fingerprint density at radius 3 is 2.72 bits per heavy atom.